The number of amides is 1. The number of hydrogen-bond donors (Lipinski definition) is 0. The van der Waals surface area contributed by atoms with Crippen LogP contribution in [0.25, 0.3) is 0 Å². The lowest BCUT2D eigenvalue weighted by Crippen LogP contribution is -2.50. The monoisotopic (exact) mass is 457 g/mol. The van der Waals surface area contributed by atoms with Gasteiger partial charge < -0.3 is 19.1 Å². The summed E-state index contributed by atoms with van der Waals surface area (Å²) in [5.74, 6) is 1.95. The Hall–Kier alpha value is -2.61. The molecular formula is C25H39N5O3. The predicted octanol–water partition coefficient (Wildman–Crippen LogP) is 3.96. The van der Waals surface area contributed by atoms with Crippen LogP contribution in [0.2, 0.25) is 0 Å². The number of piperazine rings is 1. The molecule has 2 heterocycles. The summed E-state index contributed by atoms with van der Waals surface area (Å²) in [6, 6.07) is 6.78. The molecule has 0 bridgehead atoms. The number of aryl methyl sites for hydroxylation is 1. The second-order valence-corrected chi connectivity index (χ2v) is 9.06. The first kappa shape index (κ1) is 25.0. The Bertz CT molecular complexity index is 901. The highest BCUT2D eigenvalue weighted by Gasteiger charge is 2.24. The van der Waals surface area contributed by atoms with E-state index in [1.807, 2.05) is 43.9 Å². The van der Waals surface area contributed by atoms with E-state index in [9.17, 15) is 4.79 Å². The van der Waals surface area contributed by atoms with E-state index in [0.29, 0.717) is 31.8 Å². The summed E-state index contributed by atoms with van der Waals surface area (Å²) in [7, 11) is 0. The van der Waals surface area contributed by atoms with Crippen molar-refractivity contribution < 1.29 is 14.1 Å². The Morgan fingerprint density at radius 2 is 1.85 bits per heavy atom. The summed E-state index contributed by atoms with van der Waals surface area (Å²) in [6.07, 6.45) is 0.942. The third-order valence-corrected chi connectivity index (χ3v) is 6.42. The molecular weight excluding hydrogens is 418 g/mol. The van der Waals surface area contributed by atoms with Crippen LogP contribution in [0.5, 0.6) is 5.75 Å². The molecule has 8 heteroatoms. The van der Waals surface area contributed by atoms with Crippen LogP contribution in [-0.2, 0) is 0 Å². The number of benzene rings is 1. The van der Waals surface area contributed by atoms with Crippen molar-refractivity contribution in [3.8, 4) is 5.75 Å². The summed E-state index contributed by atoms with van der Waals surface area (Å²) < 4.78 is 11.5. The van der Waals surface area contributed by atoms with Gasteiger partial charge in [-0.2, -0.15) is 4.98 Å². The molecule has 1 fully saturated rings. The van der Waals surface area contributed by atoms with E-state index in [1.165, 1.54) is 0 Å². The van der Waals surface area contributed by atoms with Gasteiger partial charge >= 0.3 is 6.01 Å². The van der Waals surface area contributed by atoms with Crippen LogP contribution in [0.1, 0.15) is 68.7 Å². The molecule has 0 saturated carbocycles. The number of aromatic nitrogens is 2. The molecule has 3 rings (SSSR count). The smallest absolute Gasteiger partial charge is 0.324 e. The van der Waals surface area contributed by atoms with E-state index in [4.69, 9.17) is 9.26 Å². The number of hydrogen-bond acceptors (Lipinski definition) is 7. The van der Waals surface area contributed by atoms with Gasteiger partial charge in [-0.05, 0) is 57.9 Å². The Balaban J connectivity index is 1.45. The molecule has 0 spiro atoms. The van der Waals surface area contributed by atoms with E-state index in [2.05, 4.69) is 40.7 Å². The summed E-state index contributed by atoms with van der Waals surface area (Å²) in [5.41, 5.74) is 1.71. The Morgan fingerprint density at radius 3 is 2.42 bits per heavy atom. The zero-order valence-electron chi connectivity index (χ0n) is 21.0. The summed E-state index contributed by atoms with van der Waals surface area (Å²) in [5, 5.41) is 4.07. The van der Waals surface area contributed by atoms with Crippen LogP contribution in [0.15, 0.2) is 22.7 Å². The molecule has 1 aromatic heterocycles. The zero-order chi connectivity index (χ0) is 24.0. The molecule has 1 aliphatic heterocycles. The lowest BCUT2D eigenvalue weighted by molar-refractivity contribution is 0.0773. The second kappa shape index (κ2) is 11.5. The molecule has 1 amide bonds. The Labute approximate surface area is 197 Å². The van der Waals surface area contributed by atoms with Crippen molar-refractivity contribution in [1.82, 2.24) is 19.9 Å². The quantitative estimate of drug-likeness (QED) is 0.534. The third kappa shape index (κ3) is 6.25. The van der Waals surface area contributed by atoms with Crippen LogP contribution in [0, 0.1) is 6.92 Å². The van der Waals surface area contributed by atoms with Crippen molar-refractivity contribution in [3.05, 3.63) is 35.2 Å². The summed E-state index contributed by atoms with van der Waals surface area (Å²) in [4.78, 5) is 23.6. The second-order valence-electron chi connectivity index (χ2n) is 9.06. The van der Waals surface area contributed by atoms with Gasteiger partial charge in [0, 0.05) is 56.8 Å². The van der Waals surface area contributed by atoms with Crippen LogP contribution in [-0.4, -0.2) is 77.8 Å². The average molecular weight is 458 g/mol. The van der Waals surface area contributed by atoms with Crippen LogP contribution in [0.3, 0.4) is 0 Å². The van der Waals surface area contributed by atoms with E-state index in [-0.39, 0.29) is 11.8 Å². The third-order valence-electron chi connectivity index (χ3n) is 6.42. The highest BCUT2D eigenvalue weighted by Crippen LogP contribution is 2.22. The summed E-state index contributed by atoms with van der Waals surface area (Å²) >= 11 is 0. The van der Waals surface area contributed by atoms with Crippen molar-refractivity contribution in [2.45, 2.75) is 59.9 Å². The fourth-order valence-electron chi connectivity index (χ4n) is 4.10. The maximum Gasteiger partial charge on any atom is 0.324 e. The normalized spacial score (nSPS) is 15.7. The van der Waals surface area contributed by atoms with Crippen molar-refractivity contribution in [1.29, 1.82) is 0 Å². The van der Waals surface area contributed by atoms with Crippen molar-refractivity contribution >= 4 is 11.9 Å². The van der Waals surface area contributed by atoms with Crippen LogP contribution < -0.4 is 9.64 Å². The fourth-order valence-corrected chi connectivity index (χ4v) is 4.10. The lowest BCUT2D eigenvalue weighted by atomic mass is 10.1. The van der Waals surface area contributed by atoms with Gasteiger partial charge in [-0.3, -0.25) is 9.69 Å². The summed E-state index contributed by atoms with van der Waals surface area (Å²) in [6.45, 7) is 18.1. The number of nitrogens with zero attached hydrogens (tertiary/aromatic N) is 5. The molecule has 0 radical (unpaired) electrons. The number of carbonyl (C=O) groups is 1. The molecule has 8 nitrogen and oxygen atoms in total. The minimum Gasteiger partial charge on any atom is -0.493 e. The van der Waals surface area contributed by atoms with Crippen molar-refractivity contribution in [2.75, 3.05) is 50.8 Å². The number of carbonyl (C=O) groups excluding carboxylic acids is 1. The SMILES string of the molecule is CCN(CC)C(=O)c1ccc(OCCC(C)N2CCN(c3nc(C(C)C)no3)CC2)c(C)c1. The highest BCUT2D eigenvalue weighted by molar-refractivity contribution is 5.94. The van der Waals surface area contributed by atoms with Crippen molar-refractivity contribution in [2.24, 2.45) is 0 Å². The van der Waals surface area contributed by atoms with Gasteiger partial charge in [0.25, 0.3) is 5.91 Å². The maximum atomic E-state index is 12.6. The molecule has 1 aromatic carbocycles. The molecule has 1 atom stereocenters. The minimum atomic E-state index is 0.0726. The van der Waals surface area contributed by atoms with Gasteiger partial charge in [0.2, 0.25) is 0 Å². The average Bonchev–Trinajstić information content (AvgIpc) is 3.31. The van der Waals surface area contributed by atoms with E-state index >= 15 is 0 Å². The first-order chi connectivity index (χ1) is 15.8. The lowest BCUT2D eigenvalue weighted by Gasteiger charge is -2.37. The largest absolute Gasteiger partial charge is 0.493 e. The maximum absolute atomic E-state index is 12.6. The minimum absolute atomic E-state index is 0.0726. The predicted molar refractivity (Wildman–Crippen MR) is 130 cm³/mol. The van der Waals surface area contributed by atoms with Crippen molar-refractivity contribution in [3.63, 3.8) is 0 Å². The van der Waals surface area contributed by atoms with Gasteiger partial charge in [-0.25, -0.2) is 0 Å². The topological polar surface area (TPSA) is 74.9 Å². The van der Waals surface area contributed by atoms with E-state index < -0.39 is 0 Å². The van der Waals surface area contributed by atoms with Crippen LogP contribution in [0.4, 0.5) is 6.01 Å². The molecule has 2 aromatic rings. The molecule has 1 unspecified atom stereocenters. The van der Waals surface area contributed by atoms with Crippen LogP contribution >= 0.6 is 0 Å². The Kier molecular flexibility index (Phi) is 8.72. The first-order valence-corrected chi connectivity index (χ1v) is 12.2. The molecule has 0 N–H and O–H groups in total. The number of rotatable bonds is 10. The molecule has 1 saturated heterocycles. The molecule has 182 valence electrons. The zero-order valence-corrected chi connectivity index (χ0v) is 21.0. The number of anilines is 1. The van der Waals surface area contributed by atoms with Gasteiger partial charge in [-0.1, -0.05) is 19.0 Å². The molecule has 33 heavy (non-hydrogen) atoms. The van der Waals surface area contributed by atoms with Gasteiger partial charge in [-0.15, -0.1) is 0 Å². The highest BCUT2D eigenvalue weighted by atomic mass is 16.5. The van der Waals surface area contributed by atoms with E-state index in [0.717, 1.165) is 55.3 Å². The van der Waals surface area contributed by atoms with Gasteiger partial charge in [0.05, 0.1) is 6.61 Å². The van der Waals surface area contributed by atoms with Gasteiger partial charge in [0.15, 0.2) is 5.82 Å². The Morgan fingerprint density at radius 1 is 1.15 bits per heavy atom. The molecule has 0 aliphatic carbocycles. The molecule has 1 aliphatic rings. The standard InChI is InChI=1S/C25H39N5O3/c1-7-28(8-2)24(31)21-9-10-22(19(5)17-21)32-16-11-20(6)29-12-14-30(15-13-29)25-26-23(18(3)4)27-33-25/h9-10,17-18,20H,7-8,11-16H2,1-6H3. The van der Waals surface area contributed by atoms with E-state index in [1.54, 1.807) is 0 Å². The van der Waals surface area contributed by atoms with Gasteiger partial charge in [0.1, 0.15) is 5.75 Å². The number of ether oxygens (including phenoxy) is 1. The first-order valence-electron chi connectivity index (χ1n) is 12.2. The fraction of sp³-hybridized carbons (Fsp3) is 0.640.